The zero-order valence-corrected chi connectivity index (χ0v) is 11.1. The predicted octanol–water partition coefficient (Wildman–Crippen LogP) is 0.279. The minimum atomic E-state index is -2.96. The second kappa shape index (κ2) is 4.89. The van der Waals surface area contributed by atoms with E-state index in [0.717, 1.165) is 11.4 Å². The number of nitrogens with one attached hydrogen (secondary N) is 1. The first-order valence-corrected chi connectivity index (χ1v) is 7.46. The largest absolute Gasteiger partial charge is 0.381 e. The quantitative estimate of drug-likeness (QED) is 0.838. The van der Waals surface area contributed by atoms with Crippen molar-refractivity contribution in [2.75, 3.05) is 23.4 Å². The van der Waals surface area contributed by atoms with Crippen LogP contribution in [0.15, 0.2) is 12.4 Å². The van der Waals surface area contributed by atoms with Gasteiger partial charge in [0.05, 0.1) is 17.1 Å². The van der Waals surface area contributed by atoms with Gasteiger partial charge in [0.15, 0.2) is 9.84 Å². The lowest BCUT2D eigenvalue weighted by atomic mass is 10.3. The number of rotatable bonds is 5. The third-order valence-electron chi connectivity index (χ3n) is 2.56. The lowest BCUT2D eigenvalue weighted by molar-refractivity contribution is 0.597. The second-order valence-electron chi connectivity index (χ2n) is 3.96. The average molecular weight is 269 g/mol. The minimum absolute atomic E-state index is 0.102. The molecule has 0 aliphatic rings. The highest BCUT2D eigenvalue weighted by Gasteiger charge is 2.09. The first kappa shape index (κ1) is 12.7. The molecular formula is C10H15N5O2S. The van der Waals surface area contributed by atoms with Crippen molar-refractivity contribution >= 4 is 21.2 Å². The lowest BCUT2D eigenvalue weighted by Gasteiger charge is -2.07. The fourth-order valence-corrected chi connectivity index (χ4v) is 2.27. The summed E-state index contributed by atoms with van der Waals surface area (Å²) in [4.78, 5) is 0. The molecule has 2 aromatic rings. The van der Waals surface area contributed by atoms with E-state index in [0.29, 0.717) is 12.2 Å². The van der Waals surface area contributed by atoms with Crippen LogP contribution in [-0.2, 0) is 9.84 Å². The SMILES string of the molecule is CCS(=O)(=O)CCNc1cc(C)nn2cnnc12. The Hall–Kier alpha value is -1.70. The molecule has 0 radical (unpaired) electrons. The van der Waals surface area contributed by atoms with Crippen LogP contribution in [0.5, 0.6) is 0 Å². The predicted molar refractivity (Wildman–Crippen MR) is 68.3 cm³/mol. The maximum absolute atomic E-state index is 11.4. The van der Waals surface area contributed by atoms with E-state index < -0.39 is 9.84 Å². The Morgan fingerprint density at radius 1 is 1.44 bits per heavy atom. The summed E-state index contributed by atoms with van der Waals surface area (Å²) in [5, 5.41) is 15.0. The summed E-state index contributed by atoms with van der Waals surface area (Å²) in [5.41, 5.74) is 2.14. The molecule has 1 N–H and O–H groups in total. The van der Waals surface area contributed by atoms with Crippen LogP contribution in [0.25, 0.3) is 5.65 Å². The molecule has 18 heavy (non-hydrogen) atoms. The number of nitrogens with zero attached hydrogens (tertiary/aromatic N) is 4. The van der Waals surface area contributed by atoms with Crippen molar-refractivity contribution in [2.24, 2.45) is 0 Å². The molecule has 0 aliphatic carbocycles. The van der Waals surface area contributed by atoms with E-state index in [1.807, 2.05) is 13.0 Å². The minimum Gasteiger partial charge on any atom is -0.381 e. The standard InChI is InChI=1S/C10H15N5O2S/c1-3-18(16,17)5-4-11-9-6-8(2)14-15-7-12-13-10(9)15/h6-7,11H,3-5H2,1-2H3. The average Bonchev–Trinajstić information content (AvgIpc) is 2.76. The van der Waals surface area contributed by atoms with Crippen LogP contribution in [0.1, 0.15) is 12.6 Å². The number of anilines is 1. The molecule has 0 aliphatic heterocycles. The molecule has 2 aromatic heterocycles. The van der Waals surface area contributed by atoms with Gasteiger partial charge in [0, 0.05) is 12.3 Å². The Morgan fingerprint density at radius 2 is 2.22 bits per heavy atom. The third kappa shape index (κ3) is 2.76. The molecule has 0 amide bonds. The smallest absolute Gasteiger partial charge is 0.200 e. The fraction of sp³-hybridized carbons (Fsp3) is 0.500. The van der Waals surface area contributed by atoms with Crippen molar-refractivity contribution < 1.29 is 8.42 Å². The van der Waals surface area contributed by atoms with Crippen LogP contribution in [0.4, 0.5) is 5.69 Å². The van der Waals surface area contributed by atoms with Crippen LogP contribution in [0.3, 0.4) is 0 Å². The van der Waals surface area contributed by atoms with E-state index in [2.05, 4.69) is 20.6 Å². The van der Waals surface area contributed by atoms with E-state index in [-0.39, 0.29) is 11.5 Å². The van der Waals surface area contributed by atoms with Crippen molar-refractivity contribution in [1.29, 1.82) is 0 Å². The van der Waals surface area contributed by atoms with Gasteiger partial charge in [-0.1, -0.05) is 6.92 Å². The van der Waals surface area contributed by atoms with Crippen LogP contribution in [0.2, 0.25) is 0 Å². The number of aromatic nitrogens is 4. The summed E-state index contributed by atoms with van der Waals surface area (Å²) < 4.78 is 24.3. The van der Waals surface area contributed by atoms with E-state index in [4.69, 9.17) is 0 Å². The number of hydrogen-bond acceptors (Lipinski definition) is 6. The summed E-state index contributed by atoms with van der Waals surface area (Å²) in [6, 6.07) is 1.82. The van der Waals surface area contributed by atoms with Crippen molar-refractivity contribution in [1.82, 2.24) is 19.8 Å². The van der Waals surface area contributed by atoms with Gasteiger partial charge in [0.1, 0.15) is 6.33 Å². The van der Waals surface area contributed by atoms with Gasteiger partial charge < -0.3 is 5.32 Å². The van der Waals surface area contributed by atoms with Gasteiger partial charge in [0.25, 0.3) is 0 Å². The summed E-state index contributed by atoms with van der Waals surface area (Å²) in [7, 11) is -2.96. The maximum Gasteiger partial charge on any atom is 0.200 e. The second-order valence-corrected chi connectivity index (χ2v) is 6.43. The number of sulfone groups is 1. The molecule has 2 heterocycles. The molecular weight excluding hydrogens is 254 g/mol. The topological polar surface area (TPSA) is 89.2 Å². The molecule has 0 atom stereocenters. The zero-order valence-electron chi connectivity index (χ0n) is 10.3. The highest BCUT2D eigenvalue weighted by molar-refractivity contribution is 7.91. The third-order valence-corrected chi connectivity index (χ3v) is 4.26. The van der Waals surface area contributed by atoms with Crippen LogP contribution < -0.4 is 5.32 Å². The molecule has 0 bridgehead atoms. The van der Waals surface area contributed by atoms with Gasteiger partial charge >= 0.3 is 0 Å². The normalized spacial score (nSPS) is 11.9. The summed E-state index contributed by atoms with van der Waals surface area (Å²) >= 11 is 0. The summed E-state index contributed by atoms with van der Waals surface area (Å²) in [6.07, 6.45) is 1.51. The Bertz CT molecular complexity index is 649. The van der Waals surface area contributed by atoms with E-state index in [1.54, 1.807) is 11.4 Å². The first-order valence-electron chi connectivity index (χ1n) is 5.64. The van der Waals surface area contributed by atoms with E-state index in [9.17, 15) is 8.42 Å². The molecule has 8 heteroatoms. The van der Waals surface area contributed by atoms with E-state index >= 15 is 0 Å². The Kier molecular flexibility index (Phi) is 3.46. The van der Waals surface area contributed by atoms with Crippen LogP contribution >= 0.6 is 0 Å². The molecule has 2 rings (SSSR count). The van der Waals surface area contributed by atoms with E-state index in [1.165, 1.54) is 6.33 Å². The summed E-state index contributed by atoms with van der Waals surface area (Å²) in [5.74, 6) is 0.259. The Labute approximate surface area is 105 Å². The molecule has 7 nitrogen and oxygen atoms in total. The van der Waals surface area contributed by atoms with Gasteiger partial charge in [-0.05, 0) is 13.0 Å². The molecule has 98 valence electrons. The molecule has 0 unspecified atom stereocenters. The van der Waals surface area contributed by atoms with Crippen molar-refractivity contribution in [3.05, 3.63) is 18.1 Å². The van der Waals surface area contributed by atoms with Gasteiger partial charge in [-0.15, -0.1) is 10.2 Å². The molecule has 0 spiro atoms. The van der Waals surface area contributed by atoms with Crippen LogP contribution in [-0.4, -0.2) is 46.3 Å². The number of aryl methyl sites for hydroxylation is 1. The number of fused-ring (bicyclic) bond motifs is 1. The summed E-state index contributed by atoms with van der Waals surface area (Å²) in [6.45, 7) is 3.85. The molecule has 0 fully saturated rings. The molecule has 0 aromatic carbocycles. The Balaban J connectivity index is 2.14. The molecule has 0 saturated carbocycles. The highest BCUT2D eigenvalue weighted by Crippen LogP contribution is 2.14. The maximum atomic E-state index is 11.4. The van der Waals surface area contributed by atoms with Gasteiger partial charge in [-0.2, -0.15) is 9.61 Å². The Morgan fingerprint density at radius 3 is 2.94 bits per heavy atom. The molecule has 0 saturated heterocycles. The monoisotopic (exact) mass is 269 g/mol. The number of hydrogen-bond donors (Lipinski definition) is 1. The lowest BCUT2D eigenvalue weighted by Crippen LogP contribution is -2.17. The highest BCUT2D eigenvalue weighted by atomic mass is 32.2. The van der Waals surface area contributed by atoms with Gasteiger partial charge in [-0.3, -0.25) is 0 Å². The van der Waals surface area contributed by atoms with Crippen LogP contribution in [0, 0.1) is 6.92 Å². The van der Waals surface area contributed by atoms with Crippen molar-refractivity contribution in [2.45, 2.75) is 13.8 Å². The van der Waals surface area contributed by atoms with Crippen molar-refractivity contribution in [3.63, 3.8) is 0 Å². The fourth-order valence-electron chi connectivity index (χ4n) is 1.57. The zero-order chi connectivity index (χ0) is 13.2. The van der Waals surface area contributed by atoms with Gasteiger partial charge in [-0.25, -0.2) is 8.42 Å². The first-order chi connectivity index (χ1) is 8.52. The van der Waals surface area contributed by atoms with Gasteiger partial charge in [0.2, 0.25) is 5.65 Å². The van der Waals surface area contributed by atoms with Crippen molar-refractivity contribution in [3.8, 4) is 0 Å².